The van der Waals surface area contributed by atoms with Crippen molar-refractivity contribution in [2.75, 3.05) is 7.11 Å². The molecule has 0 spiro atoms. The molecule has 4 nitrogen and oxygen atoms in total. The molecular weight excluding hydrogens is 182 g/mol. The Balaban J connectivity index is 2.99. The number of Topliss-reactive ketones (excluding diaryl/α,β-unsaturated/α-hetero) is 1. The predicted molar refractivity (Wildman–Crippen MR) is 51.8 cm³/mol. The maximum absolute atomic E-state index is 11.0. The highest BCUT2D eigenvalue weighted by molar-refractivity contribution is 5.97. The monoisotopic (exact) mass is 193 g/mol. The molecule has 1 rings (SSSR count). The minimum Gasteiger partial charge on any atom is -0.479 e. The van der Waals surface area contributed by atoms with Crippen molar-refractivity contribution in [3.8, 4) is 0 Å². The van der Waals surface area contributed by atoms with Gasteiger partial charge in [0, 0.05) is 11.1 Å². The van der Waals surface area contributed by atoms with Gasteiger partial charge in [-0.15, -0.1) is 0 Å². The van der Waals surface area contributed by atoms with Crippen LogP contribution < -0.4 is 0 Å². The van der Waals surface area contributed by atoms with Gasteiger partial charge in [-0.1, -0.05) is 12.1 Å². The van der Waals surface area contributed by atoms with Gasteiger partial charge in [-0.2, -0.15) is 0 Å². The maximum Gasteiger partial charge on any atom is 0.257 e. The lowest BCUT2D eigenvalue weighted by Crippen LogP contribution is -2.03. The van der Waals surface area contributed by atoms with Gasteiger partial charge in [0.25, 0.3) is 5.90 Å². The summed E-state index contributed by atoms with van der Waals surface area (Å²) in [5.74, 6) is 0.122. The summed E-state index contributed by atoms with van der Waals surface area (Å²) in [5, 5.41) is 11.5. The van der Waals surface area contributed by atoms with E-state index >= 15 is 0 Å². The molecule has 1 N–H and O–H groups in total. The molecule has 0 aliphatic carbocycles. The van der Waals surface area contributed by atoms with E-state index < -0.39 is 0 Å². The molecule has 0 unspecified atom stereocenters. The molecule has 0 atom stereocenters. The summed E-state index contributed by atoms with van der Waals surface area (Å²) in [6, 6.07) is 6.63. The third kappa shape index (κ3) is 2.10. The van der Waals surface area contributed by atoms with Crippen LogP contribution >= 0.6 is 0 Å². The number of rotatable bonds is 2. The zero-order valence-corrected chi connectivity index (χ0v) is 8.02. The Bertz CT molecular complexity index is 354. The van der Waals surface area contributed by atoms with E-state index in [0.717, 1.165) is 0 Å². The van der Waals surface area contributed by atoms with E-state index in [1.165, 1.54) is 14.0 Å². The molecule has 0 aliphatic rings. The van der Waals surface area contributed by atoms with Crippen LogP contribution in [0.25, 0.3) is 0 Å². The van der Waals surface area contributed by atoms with Crippen LogP contribution in [0.15, 0.2) is 29.4 Å². The Morgan fingerprint density at radius 3 is 2.14 bits per heavy atom. The molecule has 0 amide bonds. The molecular formula is C10H11NO3. The van der Waals surface area contributed by atoms with Crippen molar-refractivity contribution in [2.45, 2.75) is 6.92 Å². The molecule has 74 valence electrons. The van der Waals surface area contributed by atoms with E-state index in [9.17, 15) is 4.79 Å². The maximum atomic E-state index is 11.0. The number of hydrogen-bond acceptors (Lipinski definition) is 4. The number of hydrogen-bond donors (Lipinski definition) is 1. The molecule has 0 bridgehead atoms. The van der Waals surface area contributed by atoms with Crippen molar-refractivity contribution in [3.63, 3.8) is 0 Å². The second kappa shape index (κ2) is 4.41. The Morgan fingerprint density at radius 1 is 1.29 bits per heavy atom. The molecule has 4 heteroatoms. The van der Waals surface area contributed by atoms with Crippen LogP contribution in [0.3, 0.4) is 0 Å². The van der Waals surface area contributed by atoms with Crippen molar-refractivity contribution in [1.29, 1.82) is 0 Å². The third-order valence-corrected chi connectivity index (χ3v) is 1.82. The first-order valence-corrected chi connectivity index (χ1v) is 4.06. The molecule has 0 saturated carbocycles. The van der Waals surface area contributed by atoms with Crippen molar-refractivity contribution in [3.05, 3.63) is 35.4 Å². The number of methoxy groups -OCH3 is 1. The molecule has 0 fully saturated rings. The van der Waals surface area contributed by atoms with Gasteiger partial charge >= 0.3 is 0 Å². The summed E-state index contributed by atoms with van der Waals surface area (Å²) in [4.78, 5) is 11.0. The standard InChI is InChI=1S/C10H11NO3/c1-7(12)8-3-5-9(6-4-8)10(11-13)14-2/h3-6,13H,1-2H3. The van der Waals surface area contributed by atoms with Gasteiger partial charge in [-0.25, -0.2) is 0 Å². The van der Waals surface area contributed by atoms with Crippen LogP contribution in [0.5, 0.6) is 0 Å². The first kappa shape index (κ1) is 10.2. The van der Waals surface area contributed by atoms with Gasteiger partial charge < -0.3 is 9.94 Å². The summed E-state index contributed by atoms with van der Waals surface area (Å²) < 4.78 is 4.80. The van der Waals surface area contributed by atoms with Gasteiger partial charge in [-0.05, 0) is 24.2 Å². The van der Waals surface area contributed by atoms with Gasteiger partial charge in [-0.3, -0.25) is 4.79 Å². The molecule has 14 heavy (non-hydrogen) atoms. The third-order valence-electron chi connectivity index (χ3n) is 1.82. The number of carbonyl (C=O) groups is 1. The van der Waals surface area contributed by atoms with Gasteiger partial charge in [0.15, 0.2) is 5.78 Å². The van der Waals surface area contributed by atoms with E-state index in [1.54, 1.807) is 24.3 Å². The second-order valence-corrected chi connectivity index (χ2v) is 2.74. The number of nitrogens with zero attached hydrogens (tertiary/aromatic N) is 1. The summed E-state index contributed by atoms with van der Waals surface area (Å²) >= 11 is 0. The normalized spacial score (nSPS) is 11.1. The molecule has 1 aromatic rings. The minimum atomic E-state index is -0.00328. The lowest BCUT2D eigenvalue weighted by molar-refractivity contribution is 0.101. The average molecular weight is 193 g/mol. The Labute approximate surface area is 81.8 Å². The number of benzene rings is 1. The Hall–Kier alpha value is -1.84. The average Bonchev–Trinajstić information content (AvgIpc) is 2.20. The highest BCUT2D eigenvalue weighted by Gasteiger charge is 2.04. The highest BCUT2D eigenvalue weighted by atomic mass is 16.5. The predicted octanol–water partition coefficient (Wildman–Crippen LogP) is 1.67. The fourth-order valence-corrected chi connectivity index (χ4v) is 1.06. The highest BCUT2D eigenvalue weighted by Crippen LogP contribution is 2.06. The summed E-state index contributed by atoms with van der Waals surface area (Å²) in [7, 11) is 1.41. The van der Waals surface area contributed by atoms with E-state index in [-0.39, 0.29) is 11.7 Å². The number of carbonyl (C=O) groups excluding carboxylic acids is 1. The summed E-state index contributed by atoms with van der Waals surface area (Å²) in [5.41, 5.74) is 1.24. The summed E-state index contributed by atoms with van der Waals surface area (Å²) in [6.07, 6.45) is 0. The van der Waals surface area contributed by atoms with E-state index in [0.29, 0.717) is 11.1 Å². The van der Waals surface area contributed by atoms with E-state index in [1.807, 2.05) is 0 Å². The molecule has 1 aromatic carbocycles. The first-order valence-electron chi connectivity index (χ1n) is 4.06. The summed E-state index contributed by atoms with van der Waals surface area (Å²) in [6.45, 7) is 1.49. The van der Waals surface area contributed by atoms with Gasteiger partial charge in [0.1, 0.15) is 0 Å². The zero-order chi connectivity index (χ0) is 10.6. The number of ketones is 1. The largest absolute Gasteiger partial charge is 0.479 e. The van der Waals surface area contributed by atoms with Gasteiger partial charge in [0.2, 0.25) is 0 Å². The van der Waals surface area contributed by atoms with Crippen molar-refractivity contribution < 1.29 is 14.7 Å². The van der Waals surface area contributed by atoms with Crippen LogP contribution in [-0.2, 0) is 4.74 Å². The van der Waals surface area contributed by atoms with Crippen LogP contribution in [-0.4, -0.2) is 24.0 Å². The second-order valence-electron chi connectivity index (χ2n) is 2.74. The van der Waals surface area contributed by atoms with E-state index in [4.69, 9.17) is 9.94 Å². The number of oxime groups is 1. The van der Waals surface area contributed by atoms with Crippen LogP contribution in [0.4, 0.5) is 0 Å². The first-order chi connectivity index (χ1) is 6.69. The van der Waals surface area contributed by atoms with Crippen LogP contribution in [0.2, 0.25) is 0 Å². The quantitative estimate of drug-likeness (QED) is 0.255. The topological polar surface area (TPSA) is 58.9 Å². The SMILES string of the molecule is COC(=NO)c1ccc(C(C)=O)cc1. The van der Waals surface area contributed by atoms with E-state index in [2.05, 4.69) is 5.16 Å². The molecule has 0 radical (unpaired) electrons. The fraction of sp³-hybridized carbons (Fsp3) is 0.200. The van der Waals surface area contributed by atoms with Crippen molar-refractivity contribution in [1.82, 2.24) is 0 Å². The molecule has 0 aromatic heterocycles. The van der Waals surface area contributed by atoms with Crippen LogP contribution in [0.1, 0.15) is 22.8 Å². The lowest BCUT2D eigenvalue weighted by Gasteiger charge is -2.02. The number of ether oxygens (including phenoxy) is 1. The molecule has 0 aliphatic heterocycles. The van der Waals surface area contributed by atoms with Gasteiger partial charge in [0.05, 0.1) is 7.11 Å². The Morgan fingerprint density at radius 2 is 1.79 bits per heavy atom. The minimum absolute atomic E-state index is 0.00328. The van der Waals surface area contributed by atoms with Crippen molar-refractivity contribution >= 4 is 11.7 Å². The molecule has 0 saturated heterocycles. The zero-order valence-electron chi connectivity index (χ0n) is 8.02. The smallest absolute Gasteiger partial charge is 0.257 e. The van der Waals surface area contributed by atoms with Crippen molar-refractivity contribution in [2.24, 2.45) is 5.16 Å². The Kier molecular flexibility index (Phi) is 3.23. The molecule has 0 heterocycles. The lowest BCUT2D eigenvalue weighted by atomic mass is 10.1. The fourth-order valence-electron chi connectivity index (χ4n) is 1.06. The van der Waals surface area contributed by atoms with Crippen LogP contribution in [0, 0.1) is 0 Å².